The molecule has 1 aromatic carbocycles. The van der Waals surface area contributed by atoms with Gasteiger partial charge in [0.05, 0.1) is 23.6 Å². The van der Waals surface area contributed by atoms with Crippen molar-refractivity contribution >= 4 is 5.78 Å². The highest BCUT2D eigenvalue weighted by atomic mass is 19.1. The molecular formula is C19H21FN2O. The molecule has 0 bridgehead atoms. The van der Waals surface area contributed by atoms with E-state index in [1.54, 1.807) is 37.4 Å². The lowest BCUT2D eigenvalue weighted by atomic mass is 9.77. The molecule has 0 spiro atoms. The molecule has 4 heteroatoms. The molecule has 1 unspecified atom stereocenters. The highest BCUT2D eigenvalue weighted by Gasteiger charge is 2.32. The van der Waals surface area contributed by atoms with Crippen LogP contribution in [0.4, 0.5) is 4.39 Å². The number of benzene rings is 1. The van der Waals surface area contributed by atoms with Gasteiger partial charge in [-0.3, -0.25) is 9.78 Å². The van der Waals surface area contributed by atoms with E-state index in [0.717, 1.165) is 11.1 Å². The van der Waals surface area contributed by atoms with Crippen molar-refractivity contribution in [3.63, 3.8) is 0 Å². The molecule has 0 saturated carbocycles. The molecule has 0 amide bonds. The Morgan fingerprint density at radius 3 is 2.39 bits per heavy atom. The van der Waals surface area contributed by atoms with Crippen LogP contribution in [-0.4, -0.2) is 10.8 Å². The number of carbonyl (C=O) groups excluding carboxylic acids is 1. The van der Waals surface area contributed by atoms with Crippen LogP contribution in [0.2, 0.25) is 0 Å². The van der Waals surface area contributed by atoms with Gasteiger partial charge in [-0.05, 0) is 55.8 Å². The van der Waals surface area contributed by atoms with Gasteiger partial charge in [0.15, 0.2) is 0 Å². The number of carbonyl (C=O) groups is 1. The van der Waals surface area contributed by atoms with Crippen LogP contribution in [0.1, 0.15) is 39.7 Å². The van der Waals surface area contributed by atoms with Gasteiger partial charge in [-0.1, -0.05) is 13.8 Å². The van der Waals surface area contributed by atoms with E-state index < -0.39 is 5.41 Å². The first-order chi connectivity index (χ1) is 11.0. The molecule has 23 heavy (non-hydrogen) atoms. The van der Waals surface area contributed by atoms with Crippen LogP contribution in [0.25, 0.3) is 11.3 Å². The van der Waals surface area contributed by atoms with E-state index in [1.165, 1.54) is 19.1 Å². The number of hydrogen-bond acceptors (Lipinski definition) is 3. The lowest BCUT2D eigenvalue weighted by molar-refractivity contribution is -0.121. The SMILES string of the molecule is CC.CC(=O)C(C)(CC#N)c1ccnc(-c2ccc(F)cc2)c1. The average molecular weight is 312 g/mol. The number of pyridine rings is 1. The van der Waals surface area contributed by atoms with Gasteiger partial charge in [0.25, 0.3) is 0 Å². The number of halogens is 1. The van der Waals surface area contributed by atoms with Crippen molar-refractivity contribution in [2.75, 3.05) is 0 Å². The molecule has 0 saturated heterocycles. The maximum Gasteiger partial charge on any atom is 0.141 e. The van der Waals surface area contributed by atoms with Crippen molar-refractivity contribution in [3.05, 3.63) is 54.0 Å². The Kier molecular flexibility index (Phi) is 6.59. The van der Waals surface area contributed by atoms with Gasteiger partial charge in [0.1, 0.15) is 11.6 Å². The molecule has 1 atom stereocenters. The minimum atomic E-state index is -0.855. The van der Waals surface area contributed by atoms with Gasteiger partial charge in [0, 0.05) is 11.8 Å². The summed E-state index contributed by atoms with van der Waals surface area (Å²) in [7, 11) is 0. The lowest BCUT2D eigenvalue weighted by Gasteiger charge is -2.24. The minimum Gasteiger partial charge on any atom is -0.299 e. The maximum atomic E-state index is 13.0. The van der Waals surface area contributed by atoms with Crippen LogP contribution in [-0.2, 0) is 10.2 Å². The second-order valence-corrected chi connectivity index (χ2v) is 5.16. The molecule has 120 valence electrons. The van der Waals surface area contributed by atoms with Gasteiger partial charge in [-0.25, -0.2) is 4.39 Å². The standard InChI is InChI=1S/C17H15FN2O.C2H6/c1-12(21)17(2,8-9-19)14-7-10-20-16(11-14)13-3-5-15(18)6-4-13;1-2/h3-7,10-11H,8H2,1-2H3;1-2H3. The van der Waals surface area contributed by atoms with Gasteiger partial charge in [-0.15, -0.1) is 0 Å². The zero-order valence-corrected chi connectivity index (χ0v) is 13.9. The monoisotopic (exact) mass is 312 g/mol. The molecule has 2 rings (SSSR count). The molecule has 0 aliphatic heterocycles. The lowest BCUT2D eigenvalue weighted by Crippen LogP contribution is -2.30. The van der Waals surface area contributed by atoms with E-state index in [1.807, 2.05) is 13.8 Å². The average Bonchev–Trinajstić information content (AvgIpc) is 2.57. The summed E-state index contributed by atoms with van der Waals surface area (Å²) < 4.78 is 13.0. The third kappa shape index (κ3) is 4.23. The number of Topliss-reactive ketones (excluding diaryl/α,β-unsaturated/α-hetero) is 1. The van der Waals surface area contributed by atoms with Crippen molar-refractivity contribution in [1.82, 2.24) is 4.98 Å². The summed E-state index contributed by atoms with van der Waals surface area (Å²) in [5.41, 5.74) is 1.30. The van der Waals surface area contributed by atoms with Gasteiger partial charge < -0.3 is 0 Å². The minimum absolute atomic E-state index is 0.0692. The molecule has 1 aromatic heterocycles. The molecule has 2 aromatic rings. The van der Waals surface area contributed by atoms with Gasteiger partial charge in [-0.2, -0.15) is 5.26 Å². The number of aromatic nitrogens is 1. The Morgan fingerprint density at radius 2 is 1.87 bits per heavy atom. The van der Waals surface area contributed by atoms with E-state index in [2.05, 4.69) is 11.1 Å². The fraction of sp³-hybridized carbons (Fsp3) is 0.316. The molecule has 1 heterocycles. The molecule has 0 aliphatic carbocycles. The normalized spacial score (nSPS) is 12.3. The van der Waals surface area contributed by atoms with Crippen LogP contribution in [0.15, 0.2) is 42.6 Å². The number of nitriles is 1. The van der Waals surface area contributed by atoms with Crippen LogP contribution >= 0.6 is 0 Å². The largest absolute Gasteiger partial charge is 0.299 e. The Labute approximate surface area is 136 Å². The first-order valence-corrected chi connectivity index (χ1v) is 7.58. The fourth-order valence-electron chi connectivity index (χ4n) is 2.14. The quantitative estimate of drug-likeness (QED) is 0.824. The molecular weight excluding hydrogens is 291 g/mol. The highest BCUT2D eigenvalue weighted by molar-refractivity contribution is 5.88. The summed E-state index contributed by atoms with van der Waals surface area (Å²) in [6.45, 7) is 7.23. The molecule has 0 fully saturated rings. The number of nitrogens with zero attached hydrogens (tertiary/aromatic N) is 2. The van der Waals surface area contributed by atoms with Crippen LogP contribution in [0.5, 0.6) is 0 Å². The van der Waals surface area contributed by atoms with Crippen LogP contribution in [0, 0.1) is 17.1 Å². The maximum absolute atomic E-state index is 13.0. The van der Waals surface area contributed by atoms with Crippen LogP contribution in [0.3, 0.4) is 0 Å². The Morgan fingerprint density at radius 1 is 1.26 bits per heavy atom. The fourth-order valence-corrected chi connectivity index (χ4v) is 2.14. The van der Waals surface area contributed by atoms with Crippen molar-refractivity contribution in [2.45, 2.75) is 39.5 Å². The zero-order valence-electron chi connectivity index (χ0n) is 13.9. The topological polar surface area (TPSA) is 53.8 Å². The number of ketones is 1. The van der Waals surface area contributed by atoms with Crippen LogP contribution < -0.4 is 0 Å². The van der Waals surface area contributed by atoms with Crippen molar-refractivity contribution in [1.29, 1.82) is 5.26 Å². The molecule has 3 nitrogen and oxygen atoms in total. The third-order valence-corrected chi connectivity index (χ3v) is 3.75. The second-order valence-electron chi connectivity index (χ2n) is 5.16. The van der Waals surface area contributed by atoms with Gasteiger partial charge >= 0.3 is 0 Å². The van der Waals surface area contributed by atoms with Crippen molar-refractivity contribution in [2.24, 2.45) is 0 Å². The van der Waals surface area contributed by atoms with E-state index >= 15 is 0 Å². The first kappa shape index (κ1) is 18.5. The smallest absolute Gasteiger partial charge is 0.141 e. The number of rotatable bonds is 4. The van der Waals surface area contributed by atoms with E-state index in [9.17, 15) is 9.18 Å². The third-order valence-electron chi connectivity index (χ3n) is 3.75. The first-order valence-electron chi connectivity index (χ1n) is 7.58. The molecule has 0 aliphatic rings. The van der Waals surface area contributed by atoms with E-state index in [-0.39, 0.29) is 18.0 Å². The Hall–Kier alpha value is -2.54. The summed E-state index contributed by atoms with van der Waals surface area (Å²) in [4.78, 5) is 16.2. The Balaban J connectivity index is 0.00000127. The van der Waals surface area contributed by atoms with Gasteiger partial charge in [0.2, 0.25) is 0 Å². The van der Waals surface area contributed by atoms with Crippen molar-refractivity contribution in [3.8, 4) is 17.3 Å². The summed E-state index contributed by atoms with van der Waals surface area (Å²) in [5, 5.41) is 8.97. The van der Waals surface area contributed by atoms with E-state index in [4.69, 9.17) is 5.26 Å². The summed E-state index contributed by atoms with van der Waals surface area (Å²) in [5.74, 6) is -0.381. The summed E-state index contributed by atoms with van der Waals surface area (Å²) in [6, 6.07) is 11.6. The predicted molar refractivity (Wildman–Crippen MR) is 89.2 cm³/mol. The molecule has 0 N–H and O–H groups in total. The zero-order chi connectivity index (χ0) is 17.5. The van der Waals surface area contributed by atoms with Crippen molar-refractivity contribution < 1.29 is 9.18 Å². The summed E-state index contributed by atoms with van der Waals surface area (Å²) in [6.07, 6.45) is 1.71. The van der Waals surface area contributed by atoms with E-state index in [0.29, 0.717) is 5.69 Å². The second kappa shape index (κ2) is 8.19. The highest BCUT2D eigenvalue weighted by Crippen LogP contribution is 2.30. The summed E-state index contributed by atoms with van der Waals surface area (Å²) >= 11 is 0. The molecule has 0 radical (unpaired) electrons. The number of hydrogen-bond donors (Lipinski definition) is 0. The Bertz CT molecular complexity index is 704. The predicted octanol–water partition coefficient (Wildman–Crippen LogP) is 4.67.